The number of primary amides is 2. The van der Waals surface area contributed by atoms with Gasteiger partial charge in [0, 0.05) is 24.2 Å². The Bertz CT molecular complexity index is 2280. The van der Waals surface area contributed by atoms with Crippen LogP contribution in [-0.2, 0) is 37.0 Å². The van der Waals surface area contributed by atoms with Crippen LogP contribution >= 0.6 is 0 Å². The average molecular weight is 823 g/mol. The SMILES string of the molecule is NC(=O)O[C@@H](C(=O)N1CCC[C@H]1c1ncc(-c2ccc(COCc3ccc(-c4cnc([C@@H]5CCCN5C(=O)[C@H](OC(N)=O)c5ccccc5)[nH]4)cc3)cc2)[nH]1)c1ccccc1. The molecule has 0 unspecified atom stereocenters. The van der Waals surface area contributed by atoms with Crippen molar-refractivity contribution in [3.8, 4) is 22.5 Å². The van der Waals surface area contributed by atoms with Gasteiger partial charge in [0.1, 0.15) is 11.6 Å². The lowest BCUT2D eigenvalue weighted by Crippen LogP contribution is -2.37. The second kappa shape index (κ2) is 18.3. The van der Waals surface area contributed by atoms with Gasteiger partial charge in [-0.15, -0.1) is 0 Å². The number of ether oxygens (including phenoxy) is 3. The van der Waals surface area contributed by atoms with Gasteiger partial charge in [-0.05, 0) is 47.9 Å². The highest BCUT2D eigenvalue weighted by Crippen LogP contribution is 2.36. The van der Waals surface area contributed by atoms with E-state index in [9.17, 15) is 19.2 Å². The number of likely N-dealkylation sites (tertiary alicyclic amines) is 2. The number of hydrogen-bond donors (Lipinski definition) is 4. The number of benzene rings is 4. The largest absolute Gasteiger partial charge is 0.431 e. The van der Waals surface area contributed by atoms with Crippen molar-refractivity contribution in [2.45, 2.75) is 63.2 Å². The Balaban J connectivity index is 0.843. The third-order valence-electron chi connectivity index (χ3n) is 11.1. The summed E-state index contributed by atoms with van der Waals surface area (Å²) in [5, 5.41) is 0. The summed E-state index contributed by atoms with van der Waals surface area (Å²) >= 11 is 0. The van der Waals surface area contributed by atoms with Crippen molar-refractivity contribution in [1.82, 2.24) is 29.7 Å². The van der Waals surface area contributed by atoms with Gasteiger partial charge in [-0.3, -0.25) is 9.59 Å². The number of hydrogen-bond acceptors (Lipinski definition) is 9. The summed E-state index contributed by atoms with van der Waals surface area (Å²) in [6.45, 7) is 1.85. The van der Waals surface area contributed by atoms with Crippen LogP contribution in [0.1, 0.15) is 83.9 Å². The first-order valence-electron chi connectivity index (χ1n) is 20.2. The number of amides is 4. The summed E-state index contributed by atoms with van der Waals surface area (Å²) in [6.07, 6.45) is 2.24. The van der Waals surface area contributed by atoms with Crippen molar-refractivity contribution in [2.75, 3.05) is 13.1 Å². The summed E-state index contributed by atoms with van der Waals surface area (Å²) in [4.78, 5) is 70.3. The number of nitrogens with one attached hydrogen (secondary N) is 2. The molecule has 0 bridgehead atoms. The fourth-order valence-corrected chi connectivity index (χ4v) is 8.09. The maximum absolute atomic E-state index is 13.7. The Hall–Kier alpha value is -7.26. The topological polar surface area (TPSA) is 212 Å². The smallest absolute Gasteiger partial charge is 0.405 e. The number of aromatic nitrogens is 4. The van der Waals surface area contributed by atoms with Crippen LogP contribution in [0.5, 0.6) is 0 Å². The van der Waals surface area contributed by atoms with Crippen LogP contribution < -0.4 is 11.5 Å². The van der Waals surface area contributed by atoms with E-state index in [2.05, 4.69) is 19.9 Å². The predicted molar refractivity (Wildman–Crippen MR) is 224 cm³/mol. The molecule has 4 aromatic carbocycles. The van der Waals surface area contributed by atoms with Gasteiger partial charge in [0.2, 0.25) is 12.2 Å². The van der Waals surface area contributed by atoms with E-state index in [1.165, 1.54) is 0 Å². The molecule has 15 heteroatoms. The number of carbonyl (C=O) groups excluding carboxylic acids is 4. The van der Waals surface area contributed by atoms with Crippen LogP contribution in [0.25, 0.3) is 22.5 Å². The van der Waals surface area contributed by atoms with Crippen molar-refractivity contribution in [2.24, 2.45) is 11.5 Å². The number of nitrogens with zero attached hydrogens (tertiary/aromatic N) is 4. The Morgan fingerprint density at radius 2 is 0.984 bits per heavy atom. The van der Waals surface area contributed by atoms with Crippen molar-refractivity contribution >= 4 is 24.0 Å². The first-order chi connectivity index (χ1) is 29.7. The number of H-pyrrole nitrogens is 2. The fraction of sp³-hybridized carbons (Fsp3) is 0.261. The molecule has 0 aliphatic carbocycles. The molecule has 4 amide bonds. The van der Waals surface area contributed by atoms with Gasteiger partial charge in [0.05, 0.1) is 49.1 Å². The molecule has 312 valence electrons. The van der Waals surface area contributed by atoms with Gasteiger partial charge < -0.3 is 45.4 Å². The van der Waals surface area contributed by atoms with Gasteiger partial charge >= 0.3 is 12.2 Å². The Kier molecular flexibility index (Phi) is 12.2. The highest BCUT2D eigenvalue weighted by Gasteiger charge is 2.39. The van der Waals surface area contributed by atoms with E-state index in [0.717, 1.165) is 59.3 Å². The molecule has 0 radical (unpaired) electrons. The third kappa shape index (κ3) is 9.31. The summed E-state index contributed by atoms with van der Waals surface area (Å²) in [6, 6.07) is 33.2. The van der Waals surface area contributed by atoms with E-state index in [1.54, 1.807) is 70.7 Å². The number of nitrogens with two attached hydrogens (primary N) is 2. The highest BCUT2D eigenvalue weighted by molar-refractivity contribution is 5.86. The van der Waals surface area contributed by atoms with E-state index >= 15 is 0 Å². The molecule has 2 fully saturated rings. The van der Waals surface area contributed by atoms with Crippen LogP contribution in [0.15, 0.2) is 122 Å². The quantitative estimate of drug-likeness (QED) is 0.0875. The van der Waals surface area contributed by atoms with E-state index in [0.29, 0.717) is 49.1 Å². The second-order valence-electron chi connectivity index (χ2n) is 15.1. The van der Waals surface area contributed by atoms with Crippen LogP contribution in [0.2, 0.25) is 0 Å². The highest BCUT2D eigenvalue weighted by atomic mass is 16.6. The Morgan fingerprint density at radius 3 is 1.36 bits per heavy atom. The minimum atomic E-state index is -1.14. The molecule has 6 aromatic rings. The van der Waals surface area contributed by atoms with Crippen molar-refractivity contribution in [3.63, 3.8) is 0 Å². The molecule has 2 aliphatic heterocycles. The normalized spacial score (nSPS) is 17.2. The molecular weight excluding hydrogens is 777 g/mol. The van der Waals surface area contributed by atoms with Crippen LogP contribution in [0.4, 0.5) is 9.59 Å². The van der Waals surface area contributed by atoms with E-state index in [4.69, 9.17) is 25.7 Å². The molecule has 0 spiro atoms. The lowest BCUT2D eigenvalue weighted by Gasteiger charge is -2.27. The molecule has 2 saturated heterocycles. The van der Waals surface area contributed by atoms with E-state index < -0.39 is 24.4 Å². The molecule has 6 N–H and O–H groups in total. The standard InChI is InChI=1S/C46H46N8O7/c47-45(57)60-39(33-9-3-1-4-10-33)43(55)53-23-7-13-37(53)41-49-25-35(51-41)31-19-15-29(16-20-31)27-59-28-30-17-21-32(22-18-30)36-26-50-42(52-36)38-14-8-24-54(38)44(56)40(61-46(48)58)34-11-5-2-6-12-34/h1-6,9-12,15-22,25-26,37-40H,7-8,13-14,23-24,27-28H2,(H2,47,57)(H2,48,58)(H,49,51)(H,50,52)/t37-,38-,39+,40+/m0/s1. The molecule has 2 aliphatic rings. The zero-order valence-electron chi connectivity index (χ0n) is 33.3. The number of imidazole rings is 2. The molecule has 4 heterocycles. The Morgan fingerprint density at radius 1 is 0.590 bits per heavy atom. The lowest BCUT2D eigenvalue weighted by molar-refractivity contribution is -0.142. The molecule has 2 aromatic heterocycles. The number of carbonyl (C=O) groups is 4. The summed E-state index contributed by atoms with van der Waals surface area (Å²) in [5.74, 6) is 0.649. The van der Waals surface area contributed by atoms with Gasteiger partial charge in [-0.2, -0.15) is 0 Å². The summed E-state index contributed by atoms with van der Waals surface area (Å²) in [7, 11) is 0. The van der Waals surface area contributed by atoms with E-state index in [-0.39, 0.29) is 23.9 Å². The lowest BCUT2D eigenvalue weighted by atomic mass is 10.1. The molecule has 4 atom stereocenters. The minimum absolute atomic E-state index is 0.297. The van der Waals surface area contributed by atoms with Crippen molar-refractivity contribution in [3.05, 3.63) is 155 Å². The minimum Gasteiger partial charge on any atom is -0.431 e. The van der Waals surface area contributed by atoms with Gasteiger partial charge in [-0.25, -0.2) is 19.6 Å². The summed E-state index contributed by atoms with van der Waals surface area (Å²) in [5.41, 5.74) is 17.3. The van der Waals surface area contributed by atoms with Gasteiger partial charge in [0.15, 0.2) is 0 Å². The zero-order valence-corrected chi connectivity index (χ0v) is 33.3. The molecule has 61 heavy (non-hydrogen) atoms. The molecular formula is C46H46N8O7. The summed E-state index contributed by atoms with van der Waals surface area (Å²) < 4.78 is 16.6. The van der Waals surface area contributed by atoms with Crippen LogP contribution in [0, 0.1) is 0 Å². The predicted octanol–water partition coefficient (Wildman–Crippen LogP) is 7.18. The van der Waals surface area contributed by atoms with Crippen LogP contribution in [0.3, 0.4) is 0 Å². The Labute approximate surface area is 352 Å². The number of aromatic amines is 2. The molecule has 0 saturated carbocycles. The van der Waals surface area contributed by atoms with Gasteiger partial charge in [-0.1, -0.05) is 109 Å². The van der Waals surface area contributed by atoms with Crippen molar-refractivity contribution in [1.29, 1.82) is 0 Å². The maximum atomic E-state index is 13.7. The van der Waals surface area contributed by atoms with Gasteiger partial charge in [0.25, 0.3) is 11.8 Å². The first-order valence-corrected chi connectivity index (χ1v) is 20.2. The maximum Gasteiger partial charge on any atom is 0.405 e. The fourth-order valence-electron chi connectivity index (χ4n) is 8.09. The zero-order chi connectivity index (χ0) is 42.3. The first kappa shape index (κ1) is 40.5. The molecule has 8 rings (SSSR count). The molecule has 15 nitrogen and oxygen atoms in total. The third-order valence-corrected chi connectivity index (χ3v) is 11.1. The van der Waals surface area contributed by atoms with Crippen molar-refractivity contribution < 1.29 is 33.4 Å². The second-order valence-corrected chi connectivity index (χ2v) is 15.1. The van der Waals surface area contributed by atoms with E-state index in [1.807, 2.05) is 60.7 Å². The van der Waals surface area contributed by atoms with Crippen LogP contribution in [-0.4, -0.2) is 66.8 Å². The average Bonchev–Trinajstić information content (AvgIpc) is 4.13. The monoisotopic (exact) mass is 822 g/mol. The number of rotatable bonds is 14.